The smallest absolute Gasteiger partial charge is 0.153 e. The van der Waals surface area contributed by atoms with Gasteiger partial charge in [-0.2, -0.15) is 0 Å². The molecule has 0 fully saturated rings. The SMILES string of the molecule is CO[N+](=O)[S-]. The Morgan fingerprint density at radius 3 is 2.20 bits per heavy atom. The lowest BCUT2D eigenvalue weighted by Crippen LogP contribution is -1.91. The van der Waals surface area contributed by atoms with E-state index in [1.807, 2.05) is 0 Å². The van der Waals surface area contributed by atoms with Crippen molar-refractivity contribution in [2.24, 2.45) is 0 Å². The van der Waals surface area contributed by atoms with Crippen LogP contribution in [0.5, 0.6) is 0 Å². The van der Waals surface area contributed by atoms with Crippen LogP contribution in [0.1, 0.15) is 0 Å². The van der Waals surface area contributed by atoms with Gasteiger partial charge in [-0.15, -0.1) is 0 Å². The molecule has 5 heavy (non-hydrogen) atoms. The standard InChI is InChI=1S/CH3NO2S/c1-4-2(3)5/h1H3. The molecule has 30 valence electrons. The van der Waals surface area contributed by atoms with Crippen molar-refractivity contribution >= 4 is 12.8 Å². The molecule has 0 aliphatic carbocycles. The second kappa shape index (κ2) is 1.90. The summed E-state index contributed by atoms with van der Waals surface area (Å²) in [6.45, 7) is 0. The molecule has 0 aromatic heterocycles. The number of hydrogen-bond acceptors (Lipinski definition) is 3. The van der Waals surface area contributed by atoms with Gasteiger partial charge in [0.25, 0.3) is 0 Å². The molecule has 0 aliphatic rings. The van der Waals surface area contributed by atoms with Crippen LogP contribution >= 0.6 is 0 Å². The van der Waals surface area contributed by atoms with Crippen molar-refractivity contribution < 1.29 is 9.17 Å². The van der Waals surface area contributed by atoms with E-state index in [4.69, 9.17) is 0 Å². The van der Waals surface area contributed by atoms with Gasteiger partial charge in [-0.05, 0) is 0 Å². The molecule has 0 spiro atoms. The highest BCUT2D eigenvalue weighted by molar-refractivity contribution is 7.51. The first kappa shape index (κ1) is 4.62. The lowest BCUT2D eigenvalue weighted by molar-refractivity contribution is -0.670. The maximum Gasteiger partial charge on any atom is 0.153 e. The summed E-state index contributed by atoms with van der Waals surface area (Å²) in [4.78, 5) is 13.2. The van der Waals surface area contributed by atoms with Gasteiger partial charge in [0.15, 0.2) is 7.11 Å². The van der Waals surface area contributed by atoms with Gasteiger partial charge in [0.05, 0.1) is 4.91 Å². The molecule has 0 bridgehead atoms. The molecule has 0 unspecified atom stereocenters. The molecule has 3 nitrogen and oxygen atoms in total. The third kappa shape index (κ3) is 3.62. The molecule has 0 aliphatic heterocycles. The van der Waals surface area contributed by atoms with Gasteiger partial charge in [0.2, 0.25) is 0 Å². The Balaban J connectivity index is 2.85. The third-order valence-corrected chi connectivity index (χ3v) is 0.298. The summed E-state index contributed by atoms with van der Waals surface area (Å²) in [5.41, 5.74) is 0. The van der Waals surface area contributed by atoms with Gasteiger partial charge in [-0.1, -0.05) is 0 Å². The Labute approximate surface area is 35.0 Å². The molecule has 0 aromatic carbocycles. The predicted octanol–water partition coefficient (Wildman–Crippen LogP) is -0.211. The maximum absolute atomic E-state index is 9.32. The van der Waals surface area contributed by atoms with Crippen molar-refractivity contribution in [3.8, 4) is 0 Å². The fourth-order valence-corrected chi connectivity index (χ4v) is 0. The van der Waals surface area contributed by atoms with Crippen LogP contribution < -0.4 is 0 Å². The van der Waals surface area contributed by atoms with Crippen LogP contribution in [0.4, 0.5) is 0 Å². The van der Waals surface area contributed by atoms with E-state index in [1.54, 1.807) is 0 Å². The zero-order valence-electron chi connectivity index (χ0n) is 2.67. The maximum atomic E-state index is 9.32. The van der Waals surface area contributed by atoms with Crippen LogP contribution in [0.25, 0.3) is 0 Å². The Bertz CT molecular complexity index is 44.9. The quantitative estimate of drug-likeness (QED) is 0.332. The van der Waals surface area contributed by atoms with Gasteiger partial charge in [0, 0.05) is 0 Å². The highest BCUT2D eigenvalue weighted by atomic mass is 32.1. The first-order valence-electron chi connectivity index (χ1n) is 0.956. The van der Waals surface area contributed by atoms with Gasteiger partial charge < -0.3 is 12.8 Å². The molecule has 0 saturated heterocycles. The van der Waals surface area contributed by atoms with Crippen molar-refractivity contribution in [2.45, 2.75) is 0 Å². The van der Waals surface area contributed by atoms with E-state index in [-0.39, 0.29) is 4.33 Å². The van der Waals surface area contributed by atoms with Crippen LogP contribution in [0.3, 0.4) is 0 Å². The van der Waals surface area contributed by atoms with Crippen molar-refractivity contribution in [1.29, 1.82) is 0 Å². The van der Waals surface area contributed by atoms with Gasteiger partial charge >= 0.3 is 0 Å². The van der Waals surface area contributed by atoms with E-state index >= 15 is 0 Å². The van der Waals surface area contributed by atoms with E-state index in [0.29, 0.717) is 0 Å². The van der Waals surface area contributed by atoms with E-state index in [2.05, 4.69) is 17.7 Å². The minimum Gasteiger partial charge on any atom is -0.306 e. The summed E-state index contributed by atoms with van der Waals surface area (Å²) < 4.78 is -0.0417. The zero-order valence-corrected chi connectivity index (χ0v) is 3.49. The third-order valence-electron chi connectivity index (χ3n) is 0.149. The lowest BCUT2D eigenvalue weighted by atomic mass is 11.7. The number of rotatable bonds is 1. The summed E-state index contributed by atoms with van der Waals surface area (Å²) in [5, 5.41) is 0. The zero-order chi connectivity index (χ0) is 4.28. The van der Waals surface area contributed by atoms with Gasteiger partial charge in [-0.25, -0.2) is 4.84 Å². The van der Waals surface area contributed by atoms with Crippen molar-refractivity contribution in [3.63, 3.8) is 0 Å². The summed E-state index contributed by atoms with van der Waals surface area (Å²) in [6.07, 6.45) is 0. The number of hydrogen-bond donors (Lipinski definition) is 0. The molecule has 0 amide bonds. The molecule has 0 atom stereocenters. The Morgan fingerprint density at radius 2 is 2.20 bits per heavy atom. The van der Waals surface area contributed by atoms with E-state index in [1.165, 1.54) is 7.11 Å². The molecule has 0 heterocycles. The largest absolute Gasteiger partial charge is 0.306 e. The normalized spacial score (nSPS) is 6.60. The highest BCUT2D eigenvalue weighted by Gasteiger charge is 1.70. The van der Waals surface area contributed by atoms with Crippen molar-refractivity contribution in [3.05, 3.63) is 4.91 Å². The van der Waals surface area contributed by atoms with E-state index in [9.17, 15) is 4.91 Å². The average Bonchev–Trinajstić information content (AvgIpc) is 1.38. The Kier molecular flexibility index (Phi) is 1.75. The topological polar surface area (TPSA) is 29.3 Å². The minimum absolute atomic E-state index is 0.0417. The minimum atomic E-state index is -0.0417. The summed E-state index contributed by atoms with van der Waals surface area (Å²) in [6, 6.07) is 0. The number of nitrogens with zero attached hydrogens (tertiary/aromatic N) is 1. The molecule has 0 aromatic rings. The monoisotopic (exact) mass is 93.0 g/mol. The van der Waals surface area contributed by atoms with Gasteiger partial charge in [-0.3, -0.25) is 0 Å². The fourth-order valence-electron chi connectivity index (χ4n) is 0. The average molecular weight is 93.1 g/mol. The first-order valence-corrected chi connectivity index (χ1v) is 1.32. The van der Waals surface area contributed by atoms with E-state index in [0.717, 1.165) is 0 Å². The molecular weight excluding hydrogens is 90.1 g/mol. The van der Waals surface area contributed by atoms with Crippen molar-refractivity contribution in [1.82, 2.24) is 0 Å². The van der Waals surface area contributed by atoms with Crippen LogP contribution in [-0.2, 0) is 17.7 Å². The highest BCUT2D eigenvalue weighted by Crippen LogP contribution is 1.57. The van der Waals surface area contributed by atoms with Gasteiger partial charge in [0.1, 0.15) is 4.33 Å². The molecule has 0 radical (unpaired) electrons. The predicted molar refractivity (Wildman–Crippen MR) is 18.0 cm³/mol. The Hall–Kier alpha value is -0.380. The first-order chi connectivity index (χ1) is 2.27. The summed E-state index contributed by atoms with van der Waals surface area (Å²) >= 11 is 3.84. The second-order valence-corrected chi connectivity index (χ2v) is 0.704. The summed E-state index contributed by atoms with van der Waals surface area (Å²) in [7, 11) is 1.21. The van der Waals surface area contributed by atoms with Crippen LogP contribution in [0.15, 0.2) is 0 Å². The van der Waals surface area contributed by atoms with Crippen LogP contribution in [0.2, 0.25) is 0 Å². The lowest BCUT2D eigenvalue weighted by Gasteiger charge is -1.79. The fraction of sp³-hybridized carbons (Fsp3) is 1.00. The van der Waals surface area contributed by atoms with Crippen LogP contribution in [-0.4, -0.2) is 11.4 Å². The summed E-state index contributed by atoms with van der Waals surface area (Å²) in [5.74, 6) is 0. The molecule has 0 saturated carbocycles. The van der Waals surface area contributed by atoms with E-state index < -0.39 is 0 Å². The molecular formula is CH3NO2S. The van der Waals surface area contributed by atoms with Crippen LogP contribution in [0, 0.1) is 4.91 Å². The Morgan fingerprint density at radius 1 is 2.00 bits per heavy atom. The molecule has 0 rings (SSSR count). The second-order valence-electron chi connectivity index (χ2n) is 0.406. The molecule has 4 heteroatoms. The molecule has 0 N–H and O–H groups in total. The van der Waals surface area contributed by atoms with Crippen molar-refractivity contribution in [2.75, 3.05) is 7.11 Å².